The van der Waals surface area contributed by atoms with Gasteiger partial charge in [0.25, 0.3) is 0 Å². The van der Waals surface area contributed by atoms with Crippen molar-refractivity contribution in [3.63, 3.8) is 0 Å². The molecular weight excluding hydrogens is 271 g/mol. The minimum Gasteiger partial charge on any atom is -0.329 e. The highest BCUT2D eigenvalue weighted by molar-refractivity contribution is 5.97. The number of carbonyl (C=O) groups excluding carboxylic acids is 2. The Morgan fingerprint density at radius 1 is 1.19 bits per heavy atom. The molecule has 1 aromatic rings. The van der Waals surface area contributed by atoms with Crippen LogP contribution < -0.4 is 0 Å². The van der Waals surface area contributed by atoms with Crippen LogP contribution in [0.1, 0.15) is 38.3 Å². The normalized spacial score (nSPS) is 27.0. The summed E-state index contributed by atoms with van der Waals surface area (Å²) in [7, 11) is 0. The molecule has 2 aliphatic heterocycles. The molecule has 0 bridgehead atoms. The Bertz CT molecular complexity index is 572. The second kappa shape index (κ2) is 5.13. The number of fused-ring (bicyclic) bond motifs is 1. The summed E-state index contributed by atoms with van der Waals surface area (Å²) in [5.41, 5.74) is 0.843. The second-order valence-electron chi connectivity index (χ2n) is 5.84. The molecule has 0 saturated carbocycles. The lowest BCUT2D eigenvalue weighted by molar-refractivity contribution is -0.161. The maximum Gasteiger partial charge on any atom is 0.246 e. The molecule has 0 spiro atoms. The summed E-state index contributed by atoms with van der Waals surface area (Å²) in [6, 6.07) is 5.10. The summed E-state index contributed by atoms with van der Waals surface area (Å²) in [6.07, 6.45) is 1.62. The Morgan fingerprint density at radius 2 is 1.86 bits per heavy atom. The maximum atomic E-state index is 13.0. The number of halogens is 1. The van der Waals surface area contributed by atoms with Crippen molar-refractivity contribution in [3.8, 4) is 0 Å². The third-order valence-corrected chi connectivity index (χ3v) is 4.62. The summed E-state index contributed by atoms with van der Waals surface area (Å²) in [6.45, 7) is 4.34. The predicted octanol–water partition coefficient (Wildman–Crippen LogP) is 2.11. The van der Waals surface area contributed by atoms with Crippen molar-refractivity contribution in [2.24, 2.45) is 0 Å². The van der Waals surface area contributed by atoms with Gasteiger partial charge in [0.1, 0.15) is 17.9 Å². The molecule has 3 rings (SSSR count). The molecule has 0 N–H and O–H groups in total. The number of amides is 2. The Balaban J connectivity index is 1.90. The first-order valence-corrected chi connectivity index (χ1v) is 7.39. The van der Waals surface area contributed by atoms with Crippen molar-refractivity contribution in [3.05, 3.63) is 35.6 Å². The first-order chi connectivity index (χ1) is 10.0. The molecule has 0 aliphatic carbocycles. The van der Waals surface area contributed by atoms with Crippen LogP contribution in [-0.4, -0.2) is 40.2 Å². The molecule has 1 aromatic carbocycles. The van der Waals surface area contributed by atoms with E-state index in [1.807, 2.05) is 6.92 Å². The van der Waals surface area contributed by atoms with E-state index in [1.54, 1.807) is 28.9 Å². The molecule has 2 saturated heterocycles. The van der Waals surface area contributed by atoms with Gasteiger partial charge in [0, 0.05) is 6.54 Å². The molecule has 2 fully saturated rings. The smallest absolute Gasteiger partial charge is 0.246 e. The van der Waals surface area contributed by atoms with Gasteiger partial charge in [-0.3, -0.25) is 9.59 Å². The van der Waals surface area contributed by atoms with Crippen molar-refractivity contribution >= 4 is 11.8 Å². The van der Waals surface area contributed by atoms with Gasteiger partial charge in [0.15, 0.2) is 0 Å². The summed E-state index contributed by atoms with van der Waals surface area (Å²) < 4.78 is 13.0. The van der Waals surface area contributed by atoms with E-state index >= 15 is 0 Å². The van der Waals surface area contributed by atoms with Crippen molar-refractivity contribution in [1.29, 1.82) is 0 Å². The van der Waals surface area contributed by atoms with Crippen LogP contribution in [0.25, 0.3) is 0 Å². The number of carbonyl (C=O) groups is 2. The Kier molecular flexibility index (Phi) is 3.43. The van der Waals surface area contributed by atoms with Gasteiger partial charge in [-0.05, 0) is 44.4 Å². The number of hydrogen-bond acceptors (Lipinski definition) is 2. The number of piperazine rings is 1. The van der Waals surface area contributed by atoms with Gasteiger partial charge in [-0.1, -0.05) is 12.1 Å². The average molecular weight is 290 g/mol. The van der Waals surface area contributed by atoms with Crippen LogP contribution in [0.2, 0.25) is 0 Å². The first kappa shape index (κ1) is 14.0. The average Bonchev–Trinajstić information content (AvgIpc) is 2.95. The van der Waals surface area contributed by atoms with E-state index in [4.69, 9.17) is 0 Å². The van der Waals surface area contributed by atoms with Crippen molar-refractivity contribution < 1.29 is 14.0 Å². The molecular formula is C16H19FN2O2. The van der Waals surface area contributed by atoms with Crippen LogP contribution in [0.5, 0.6) is 0 Å². The fraction of sp³-hybridized carbons (Fsp3) is 0.500. The second-order valence-corrected chi connectivity index (χ2v) is 5.84. The summed E-state index contributed by atoms with van der Waals surface area (Å²) in [4.78, 5) is 28.5. The minimum absolute atomic E-state index is 0.0106. The van der Waals surface area contributed by atoms with E-state index in [-0.39, 0.29) is 29.7 Å². The lowest BCUT2D eigenvalue weighted by Gasteiger charge is -2.44. The lowest BCUT2D eigenvalue weighted by atomic mass is 9.99. The van der Waals surface area contributed by atoms with Crippen LogP contribution in [0.4, 0.5) is 4.39 Å². The third kappa shape index (κ3) is 2.20. The van der Waals surface area contributed by atoms with Crippen LogP contribution in [-0.2, 0) is 9.59 Å². The largest absolute Gasteiger partial charge is 0.329 e. The summed E-state index contributed by atoms with van der Waals surface area (Å²) in [5, 5.41) is 0. The Morgan fingerprint density at radius 3 is 2.52 bits per heavy atom. The number of hydrogen-bond donors (Lipinski definition) is 0. The fourth-order valence-electron chi connectivity index (χ4n) is 3.44. The van der Waals surface area contributed by atoms with Crippen LogP contribution >= 0.6 is 0 Å². The first-order valence-electron chi connectivity index (χ1n) is 7.39. The molecule has 21 heavy (non-hydrogen) atoms. The van der Waals surface area contributed by atoms with Gasteiger partial charge in [-0.15, -0.1) is 0 Å². The number of nitrogens with zero attached hydrogens (tertiary/aromatic N) is 2. The summed E-state index contributed by atoms with van der Waals surface area (Å²) in [5.74, 6) is -0.274. The highest BCUT2D eigenvalue weighted by Gasteiger charge is 2.47. The Hall–Kier alpha value is -1.91. The molecule has 4 nitrogen and oxygen atoms in total. The van der Waals surface area contributed by atoms with E-state index in [0.29, 0.717) is 6.54 Å². The van der Waals surface area contributed by atoms with Gasteiger partial charge >= 0.3 is 0 Å². The highest BCUT2D eigenvalue weighted by Crippen LogP contribution is 2.32. The minimum atomic E-state index is -0.466. The SMILES string of the molecule is CC1C(=O)N2CCCC2C(=O)N1C(C)c1ccc(F)cc1. The van der Waals surface area contributed by atoms with Crippen LogP contribution in [0, 0.1) is 5.82 Å². The van der Waals surface area contributed by atoms with Crippen molar-refractivity contribution in [2.75, 3.05) is 6.54 Å². The van der Waals surface area contributed by atoms with E-state index in [0.717, 1.165) is 18.4 Å². The van der Waals surface area contributed by atoms with Crippen molar-refractivity contribution in [2.45, 2.75) is 44.8 Å². The zero-order chi connectivity index (χ0) is 15.1. The van der Waals surface area contributed by atoms with Gasteiger partial charge in [-0.25, -0.2) is 4.39 Å². The van der Waals surface area contributed by atoms with Gasteiger partial charge in [0.2, 0.25) is 11.8 Å². The van der Waals surface area contributed by atoms with E-state index < -0.39 is 6.04 Å². The van der Waals surface area contributed by atoms with E-state index in [1.165, 1.54) is 12.1 Å². The summed E-state index contributed by atoms with van der Waals surface area (Å²) >= 11 is 0. The Labute approximate surface area is 123 Å². The van der Waals surface area contributed by atoms with Gasteiger partial charge in [0.05, 0.1) is 6.04 Å². The van der Waals surface area contributed by atoms with Crippen molar-refractivity contribution in [1.82, 2.24) is 9.80 Å². The molecule has 2 amide bonds. The van der Waals surface area contributed by atoms with Gasteiger partial charge < -0.3 is 9.80 Å². The number of rotatable bonds is 2. The molecule has 5 heteroatoms. The molecule has 2 heterocycles. The van der Waals surface area contributed by atoms with E-state index in [2.05, 4.69) is 0 Å². The third-order valence-electron chi connectivity index (χ3n) is 4.62. The molecule has 3 atom stereocenters. The topological polar surface area (TPSA) is 40.6 Å². The fourth-order valence-corrected chi connectivity index (χ4v) is 3.44. The quantitative estimate of drug-likeness (QED) is 0.837. The van der Waals surface area contributed by atoms with Crippen LogP contribution in [0.3, 0.4) is 0 Å². The molecule has 0 radical (unpaired) electrons. The zero-order valence-corrected chi connectivity index (χ0v) is 12.3. The molecule has 2 aliphatic rings. The van der Waals surface area contributed by atoms with Gasteiger partial charge in [-0.2, -0.15) is 0 Å². The van der Waals surface area contributed by atoms with Crippen LogP contribution in [0.15, 0.2) is 24.3 Å². The predicted molar refractivity (Wildman–Crippen MR) is 75.9 cm³/mol. The monoisotopic (exact) mass is 290 g/mol. The maximum absolute atomic E-state index is 13.0. The van der Waals surface area contributed by atoms with E-state index in [9.17, 15) is 14.0 Å². The molecule has 0 aromatic heterocycles. The lowest BCUT2D eigenvalue weighted by Crippen LogP contribution is -2.62. The standard InChI is InChI=1S/C16H19FN2O2/c1-10(12-5-7-13(17)8-6-12)19-11(2)15(20)18-9-3-4-14(18)16(19)21/h5-8,10-11,14H,3-4,9H2,1-2H3. The molecule has 3 unspecified atom stereocenters. The highest BCUT2D eigenvalue weighted by atomic mass is 19.1. The zero-order valence-electron chi connectivity index (χ0n) is 12.3. The number of benzene rings is 1. The molecule has 112 valence electrons.